The molecular formula is C13H19N5O. The smallest absolute Gasteiger partial charge is 0.318 e. The fourth-order valence-electron chi connectivity index (χ4n) is 1.75. The molecule has 0 aliphatic heterocycles. The quantitative estimate of drug-likeness (QED) is 0.854. The number of nitrogens with one attached hydrogen (secondary N) is 1. The molecule has 0 saturated heterocycles. The Labute approximate surface area is 112 Å². The maximum absolute atomic E-state index is 5.65. The second-order valence-electron chi connectivity index (χ2n) is 4.38. The Morgan fingerprint density at radius 3 is 2.89 bits per heavy atom. The fraction of sp³-hybridized carbons (Fsp3) is 0.462. The van der Waals surface area contributed by atoms with E-state index in [1.54, 1.807) is 6.20 Å². The van der Waals surface area contributed by atoms with Crippen LogP contribution in [0.1, 0.15) is 31.5 Å². The molecule has 0 aromatic carbocycles. The molecular weight excluding hydrogens is 242 g/mol. The van der Waals surface area contributed by atoms with Gasteiger partial charge in [0, 0.05) is 13.2 Å². The predicted molar refractivity (Wildman–Crippen MR) is 72.7 cm³/mol. The molecule has 0 aliphatic rings. The van der Waals surface area contributed by atoms with Crippen molar-refractivity contribution in [2.24, 2.45) is 0 Å². The van der Waals surface area contributed by atoms with Gasteiger partial charge in [-0.05, 0) is 25.6 Å². The van der Waals surface area contributed by atoms with Gasteiger partial charge in [-0.25, -0.2) is 0 Å². The zero-order valence-corrected chi connectivity index (χ0v) is 11.5. The first-order chi connectivity index (χ1) is 9.20. The molecule has 6 heteroatoms. The molecule has 0 fully saturated rings. The van der Waals surface area contributed by atoms with Crippen molar-refractivity contribution in [3.63, 3.8) is 0 Å². The molecule has 19 heavy (non-hydrogen) atoms. The summed E-state index contributed by atoms with van der Waals surface area (Å²) in [6, 6.07) is 6.39. The minimum Gasteiger partial charge on any atom is -0.406 e. The van der Waals surface area contributed by atoms with Gasteiger partial charge in [0.05, 0.1) is 18.3 Å². The summed E-state index contributed by atoms with van der Waals surface area (Å²) in [5, 5.41) is 11.3. The van der Waals surface area contributed by atoms with Crippen LogP contribution in [0, 0.1) is 0 Å². The highest BCUT2D eigenvalue weighted by Gasteiger charge is 2.15. The van der Waals surface area contributed by atoms with E-state index in [4.69, 9.17) is 4.42 Å². The number of nitrogens with zero attached hydrogens (tertiary/aromatic N) is 4. The Hall–Kier alpha value is -1.95. The first-order valence-corrected chi connectivity index (χ1v) is 6.38. The van der Waals surface area contributed by atoms with E-state index in [2.05, 4.69) is 20.5 Å². The monoisotopic (exact) mass is 261 g/mol. The molecule has 0 amide bonds. The van der Waals surface area contributed by atoms with Gasteiger partial charge in [-0.15, -0.1) is 5.10 Å². The van der Waals surface area contributed by atoms with Crippen molar-refractivity contribution in [2.45, 2.75) is 26.4 Å². The molecule has 102 valence electrons. The maximum atomic E-state index is 5.65. The van der Waals surface area contributed by atoms with E-state index in [-0.39, 0.29) is 6.04 Å². The van der Waals surface area contributed by atoms with E-state index in [1.807, 2.05) is 44.0 Å². The van der Waals surface area contributed by atoms with Crippen LogP contribution in [-0.4, -0.2) is 28.8 Å². The number of rotatable bonds is 6. The molecule has 2 aromatic heterocycles. The third kappa shape index (κ3) is 3.51. The molecule has 0 aliphatic carbocycles. The molecule has 0 saturated carbocycles. The molecule has 6 nitrogen and oxygen atoms in total. The second-order valence-corrected chi connectivity index (χ2v) is 4.38. The van der Waals surface area contributed by atoms with Crippen molar-refractivity contribution < 1.29 is 4.42 Å². The van der Waals surface area contributed by atoms with E-state index in [0.717, 1.165) is 12.2 Å². The summed E-state index contributed by atoms with van der Waals surface area (Å²) in [5.41, 5.74) is 0.962. The molecule has 1 unspecified atom stereocenters. The molecule has 2 rings (SSSR count). The van der Waals surface area contributed by atoms with Gasteiger partial charge in [0.15, 0.2) is 0 Å². The summed E-state index contributed by atoms with van der Waals surface area (Å²) in [5.74, 6) is 0.602. The highest BCUT2D eigenvalue weighted by atomic mass is 16.4. The third-order valence-electron chi connectivity index (χ3n) is 2.76. The Bertz CT molecular complexity index is 499. The number of hydrogen-bond acceptors (Lipinski definition) is 6. The Morgan fingerprint density at radius 2 is 2.21 bits per heavy atom. The lowest BCUT2D eigenvalue weighted by molar-refractivity contribution is 0.421. The van der Waals surface area contributed by atoms with Crippen LogP contribution in [0.25, 0.3) is 0 Å². The molecule has 0 radical (unpaired) electrons. The fourth-order valence-corrected chi connectivity index (χ4v) is 1.75. The standard InChI is InChI=1S/C13H19N5O/c1-4-14-10(2)12-16-17-13(19-12)18(3)9-11-7-5-6-8-15-11/h5-8,10,14H,4,9H2,1-3H3. The van der Waals surface area contributed by atoms with Gasteiger partial charge < -0.3 is 14.6 Å². The third-order valence-corrected chi connectivity index (χ3v) is 2.76. The minimum atomic E-state index is 0.0644. The first kappa shape index (κ1) is 13.5. The summed E-state index contributed by atoms with van der Waals surface area (Å²) >= 11 is 0. The molecule has 2 aromatic rings. The summed E-state index contributed by atoms with van der Waals surface area (Å²) in [7, 11) is 1.91. The van der Waals surface area contributed by atoms with Crippen LogP contribution in [0.4, 0.5) is 6.01 Å². The van der Waals surface area contributed by atoms with Gasteiger partial charge in [0.1, 0.15) is 0 Å². The van der Waals surface area contributed by atoms with Gasteiger partial charge in [0.25, 0.3) is 0 Å². The zero-order chi connectivity index (χ0) is 13.7. The SMILES string of the molecule is CCNC(C)c1nnc(N(C)Cc2ccccn2)o1. The molecule has 2 heterocycles. The molecule has 0 spiro atoms. The van der Waals surface area contributed by atoms with Crippen LogP contribution < -0.4 is 10.2 Å². The van der Waals surface area contributed by atoms with Crippen LogP contribution in [0.3, 0.4) is 0 Å². The van der Waals surface area contributed by atoms with E-state index in [1.165, 1.54) is 0 Å². The van der Waals surface area contributed by atoms with Crippen molar-refractivity contribution in [1.29, 1.82) is 0 Å². The van der Waals surface area contributed by atoms with Crippen LogP contribution in [0.15, 0.2) is 28.8 Å². The van der Waals surface area contributed by atoms with Gasteiger partial charge >= 0.3 is 6.01 Å². The van der Waals surface area contributed by atoms with Gasteiger partial charge in [-0.2, -0.15) is 0 Å². The number of hydrogen-bond donors (Lipinski definition) is 1. The second kappa shape index (κ2) is 6.29. The Morgan fingerprint density at radius 1 is 1.37 bits per heavy atom. The summed E-state index contributed by atoms with van der Waals surface area (Å²) < 4.78 is 5.65. The largest absolute Gasteiger partial charge is 0.406 e. The van der Waals surface area contributed by atoms with Crippen LogP contribution in [-0.2, 0) is 6.54 Å². The zero-order valence-electron chi connectivity index (χ0n) is 11.5. The van der Waals surface area contributed by atoms with Crippen LogP contribution in [0.5, 0.6) is 0 Å². The average Bonchev–Trinajstić information content (AvgIpc) is 2.90. The minimum absolute atomic E-state index is 0.0644. The van der Waals surface area contributed by atoms with E-state index in [0.29, 0.717) is 18.5 Å². The normalized spacial score (nSPS) is 12.4. The molecule has 0 bridgehead atoms. The van der Waals surface area contributed by atoms with Gasteiger partial charge in [-0.1, -0.05) is 18.1 Å². The summed E-state index contributed by atoms with van der Waals surface area (Å²) in [6.45, 7) is 5.54. The van der Waals surface area contributed by atoms with Crippen molar-refractivity contribution in [2.75, 3.05) is 18.5 Å². The average molecular weight is 261 g/mol. The van der Waals surface area contributed by atoms with E-state index >= 15 is 0 Å². The van der Waals surface area contributed by atoms with Crippen molar-refractivity contribution in [3.8, 4) is 0 Å². The number of anilines is 1. The van der Waals surface area contributed by atoms with E-state index < -0.39 is 0 Å². The van der Waals surface area contributed by atoms with Gasteiger partial charge in [0.2, 0.25) is 5.89 Å². The number of aromatic nitrogens is 3. The first-order valence-electron chi connectivity index (χ1n) is 6.38. The maximum Gasteiger partial charge on any atom is 0.318 e. The number of pyridine rings is 1. The lowest BCUT2D eigenvalue weighted by Gasteiger charge is -2.13. The van der Waals surface area contributed by atoms with Crippen LogP contribution >= 0.6 is 0 Å². The molecule has 1 atom stereocenters. The van der Waals surface area contributed by atoms with E-state index in [9.17, 15) is 0 Å². The Kier molecular flexibility index (Phi) is 4.46. The molecule has 1 N–H and O–H groups in total. The van der Waals surface area contributed by atoms with Crippen molar-refractivity contribution in [3.05, 3.63) is 36.0 Å². The highest BCUT2D eigenvalue weighted by molar-refractivity contribution is 5.24. The van der Waals surface area contributed by atoms with Crippen molar-refractivity contribution >= 4 is 6.01 Å². The summed E-state index contributed by atoms with van der Waals surface area (Å²) in [4.78, 5) is 6.16. The Balaban J connectivity index is 2.02. The van der Waals surface area contributed by atoms with Gasteiger partial charge in [-0.3, -0.25) is 4.98 Å². The van der Waals surface area contributed by atoms with Crippen LogP contribution in [0.2, 0.25) is 0 Å². The predicted octanol–water partition coefficient (Wildman–Crippen LogP) is 1.77. The lowest BCUT2D eigenvalue weighted by atomic mass is 10.3. The summed E-state index contributed by atoms with van der Waals surface area (Å²) in [6.07, 6.45) is 1.77. The van der Waals surface area contributed by atoms with Crippen molar-refractivity contribution in [1.82, 2.24) is 20.5 Å². The topological polar surface area (TPSA) is 67.1 Å². The highest BCUT2D eigenvalue weighted by Crippen LogP contribution is 2.17. The lowest BCUT2D eigenvalue weighted by Crippen LogP contribution is -2.18.